The number of fused-ring (bicyclic) bond motifs is 2. The number of H-pyrrole nitrogens is 2. The van der Waals surface area contributed by atoms with Crippen molar-refractivity contribution in [3.05, 3.63) is 70.4 Å². The summed E-state index contributed by atoms with van der Waals surface area (Å²) >= 11 is 0. The quantitative estimate of drug-likeness (QED) is 0.535. The van der Waals surface area contributed by atoms with E-state index in [9.17, 15) is 9.59 Å². The average Bonchev–Trinajstić information content (AvgIpc) is 3.01. The van der Waals surface area contributed by atoms with Crippen LogP contribution in [0.15, 0.2) is 53.6 Å². The van der Waals surface area contributed by atoms with Crippen molar-refractivity contribution in [2.45, 2.75) is 13.0 Å². The van der Waals surface area contributed by atoms with Gasteiger partial charge in [0.1, 0.15) is 0 Å². The molecule has 0 saturated carbocycles. The van der Waals surface area contributed by atoms with Crippen LogP contribution in [0.4, 0.5) is 0 Å². The molecule has 1 amide bonds. The van der Waals surface area contributed by atoms with Crippen LogP contribution < -0.4 is 11.0 Å². The van der Waals surface area contributed by atoms with E-state index < -0.39 is 5.69 Å². The van der Waals surface area contributed by atoms with Crippen LogP contribution in [0.5, 0.6) is 0 Å². The zero-order valence-corrected chi connectivity index (χ0v) is 13.4. The number of rotatable bonds is 3. The van der Waals surface area contributed by atoms with Crippen molar-refractivity contribution in [3.8, 4) is 0 Å². The summed E-state index contributed by atoms with van der Waals surface area (Å²) in [6, 6.07) is 11.1. The second kappa shape index (κ2) is 5.86. The molecule has 1 unspecified atom stereocenters. The number of amides is 1. The highest BCUT2D eigenvalue weighted by Gasteiger charge is 2.17. The summed E-state index contributed by atoms with van der Waals surface area (Å²) in [5, 5.41) is 3.98. The Balaban J connectivity index is 1.69. The summed E-state index contributed by atoms with van der Waals surface area (Å²) in [5.74, 6) is -0.289. The summed E-state index contributed by atoms with van der Waals surface area (Å²) in [6.45, 7) is 1.90. The van der Waals surface area contributed by atoms with Gasteiger partial charge in [-0.2, -0.15) is 0 Å². The van der Waals surface area contributed by atoms with E-state index in [-0.39, 0.29) is 11.9 Å². The van der Waals surface area contributed by atoms with Crippen molar-refractivity contribution < 1.29 is 4.79 Å². The number of aromatic nitrogens is 4. The number of carbonyl (C=O) groups is 1. The van der Waals surface area contributed by atoms with Crippen LogP contribution in [-0.2, 0) is 0 Å². The number of nitrogens with zero attached hydrogens (tertiary/aromatic N) is 2. The highest BCUT2D eigenvalue weighted by Crippen LogP contribution is 2.22. The molecule has 4 rings (SSSR count). The molecule has 4 aromatic rings. The van der Waals surface area contributed by atoms with Crippen molar-refractivity contribution >= 4 is 28.0 Å². The molecule has 0 bridgehead atoms. The zero-order chi connectivity index (χ0) is 17.4. The van der Waals surface area contributed by atoms with E-state index >= 15 is 0 Å². The summed E-state index contributed by atoms with van der Waals surface area (Å²) in [6.07, 6.45) is 3.22. The molecule has 3 heterocycles. The van der Waals surface area contributed by atoms with Gasteiger partial charge in [0.25, 0.3) is 5.91 Å². The number of carbonyl (C=O) groups excluding carboxylic acids is 1. The maximum atomic E-state index is 12.7. The van der Waals surface area contributed by atoms with Gasteiger partial charge in [0.15, 0.2) is 5.65 Å². The highest BCUT2D eigenvalue weighted by atomic mass is 16.2. The molecule has 0 saturated heterocycles. The Morgan fingerprint density at radius 3 is 2.80 bits per heavy atom. The van der Waals surface area contributed by atoms with Crippen LogP contribution in [0.1, 0.15) is 28.9 Å². The Morgan fingerprint density at radius 2 is 1.92 bits per heavy atom. The molecule has 124 valence electrons. The summed E-state index contributed by atoms with van der Waals surface area (Å²) in [7, 11) is 0. The minimum atomic E-state index is -0.394. The predicted octanol–water partition coefficient (Wildman–Crippen LogP) is 2.29. The van der Waals surface area contributed by atoms with Gasteiger partial charge < -0.3 is 10.3 Å². The molecule has 0 spiro atoms. The van der Waals surface area contributed by atoms with Crippen LogP contribution >= 0.6 is 0 Å². The first-order valence-corrected chi connectivity index (χ1v) is 7.85. The molecule has 0 aliphatic heterocycles. The fourth-order valence-electron chi connectivity index (χ4n) is 2.95. The third-order valence-corrected chi connectivity index (χ3v) is 4.14. The van der Waals surface area contributed by atoms with Gasteiger partial charge in [-0.3, -0.25) is 14.8 Å². The summed E-state index contributed by atoms with van der Waals surface area (Å²) in [4.78, 5) is 37.8. The Bertz CT molecular complexity index is 1140. The molecule has 0 aliphatic rings. The predicted molar refractivity (Wildman–Crippen MR) is 94.3 cm³/mol. The van der Waals surface area contributed by atoms with Gasteiger partial charge in [0, 0.05) is 23.3 Å². The number of imidazole rings is 1. The van der Waals surface area contributed by atoms with E-state index in [1.165, 1.54) is 6.20 Å². The largest absolute Gasteiger partial charge is 0.345 e. The Kier molecular flexibility index (Phi) is 3.53. The molecule has 0 fully saturated rings. The van der Waals surface area contributed by atoms with Crippen molar-refractivity contribution in [2.75, 3.05) is 0 Å². The molecule has 1 atom stereocenters. The van der Waals surface area contributed by atoms with E-state index in [0.717, 1.165) is 16.5 Å². The second-order valence-corrected chi connectivity index (χ2v) is 5.78. The number of aromatic amines is 2. The highest BCUT2D eigenvalue weighted by molar-refractivity contribution is 6.04. The van der Waals surface area contributed by atoms with Gasteiger partial charge in [-0.15, -0.1) is 0 Å². The van der Waals surface area contributed by atoms with E-state index in [4.69, 9.17) is 0 Å². The third-order valence-electron chi connectivity index (χ3n) is 4.14. The minimum absolute atomic E-state index is 0.250. The van der Waals surface area contributed by atoms with Crippen molar-refractivity contribution in [2.24, 2.45) is 0 Å². The zero-order valence-electron chi connectivity index (χ0n) is 13.4. The van der Waals surface area contributed by atoms with Crippen LogP contribution in [0.3, 0.4) is 0 Å². The van der Waals surface area contributed by atoms with E-state index in [2.05, 4.69) is 25.3 Å². The SMILES string of the molecule is CC(NC(=O)c1ccnc2[nH]c(=O)[nH]c12)c1cccc2cccnc12. The lowest BCUT2D eigenvalue weighted by molar-refractivity contribution is 0.0941. The Labute approximate surface area is 142 Å². The number of nitrogens with one attached hydrogen (secondary N) is 3. The molecular weight excluding hydrogens is 318 g/mol. The molecule has 0 aliphatic carbocycles. The van der Waals surface area contributed by atoms with E-state index in [1.54, 1.807) is 12.3 Å². The molecular formula is C18H15N5O2. The molecule has 7 nitrogen and oxygen atoms in total. The van der Waals surface area contributed by atoms with Gasteiger partial charge in [-0.05, 0) is 19.1 Å². The molecule has 3 N–H and O–H groups in total. The monoisotopic (exact) mass is 333 g/mol. The number of hydrogen-bond donors (Lipinski definition) is 3. The Morgan fingerprint density at radius 1 is 1.08 bits per heavy atom. The second-order valence-electron chi connectivity index (χ2n) is 5.78. The standard InChI is InChI=1S/C18H15N5O2/c1-10(12-6-2-4-11-5-3-8-19-14(11)12)21-17(24)13-7-9-20-16-15(13)22-18(25)23-16/h2-10H,1H3,(H,21,24)(H2,20,22,23,25). The normalized spacial score (nSPS) is 12.4. The van der Waals surface area contributed by atoms with Gasteiger partial charge in [0.05, 0.1) is 22.6 Å². The van der Waals surface area contributed by atoms with Crippen LogP contribution in [0.25, 0.3) is 22.1 Å². The lowest BCUT2D eigenvalue weighted by Crippen LogP contribution is -2.27. The Hall–Kier alpha value is -3.48. The van der Waals surface area contributed by atoms with E-state index in [0.29, 0.717) is 16.7 Å². The summed E-state index contributed by atoms with van der Waals surface area (Å²) < 4.78 is 0. The molecule has 3 aromatic heterocycles. The minimum Gasteiger partial charge on any atom is -0.345 e. The number of pyridine rings is 2. The number of para-hydroxylation sites is 1. The van der Waals surface area contributed by atoms with Crippen LogP contribution in [-0.4, -0.2) is 25.8 Å². The topological polar surface area (TPSA) is 104 Å². The average molecular weight is 333 g/mol. The van der Waals surface area contributed by atoms with Crippen LogP contribution in [0, 0.1) is 0 Å². The fourth-order valence-corrected chi connectivity index (χ4v) is 2.95. The number of hydrogen-bond acceptors (Lipinski definition) is 4. The van der Waals surface area contributed by atoms with Gasteiger partial charge in [0.2, 0.25) is 0 Å². The smallest absolute Gasteiger partial charge is 0.325 e. The number of benzene rings is 1. The van der Waals surface area contributed by atoms with Crippen molar-refractivity contribution in [1.29, 1.82) is 0 Å². The van der Waals surface area contributed by atoms with Crippen molar-refractivity contribution in [1.82, 2.24) is 25.3 Å². The molecule has 0 radical (unpaired) electrons. The fraction of sp³-hybridized carbons (Fsp3) is 0.111. The van der Waals surface area contributed by atoms with Gasteiger partial charge in [-0.25, -0.2) is 9.78 Å². The molecule has 7 heteroatoms. The van der Waals surface area contributed by atoms with Gasteiger partial charge in [-0.1, -0.05) is 24.3 Å². The van der Waals surface area contributed by atoms with Crippen LogP contribution in [0.2, 0.25) is 0 Å². The first kappa shape index (κ1) is 15.1. The maximum absolute atomic E-state index is 12.7. The van der Waals surface area contributed by atoms with E-state index in [1.807, 2.05) is 37.3 Å². The lowest BCUT2D eigenvalue weighted by Gasteiger charge is -2.16. The van der Waals surface area contributed by atoms with Crippen molar-refractivity contribution in [3.63, 3.8) is 0 Å². The summed E-state index contributed by atoms with van der Waals surface area (Å²) in [5.41, 5.74) is 2.51. The first-order chi connectivity index (χ1) is 12.1. The first-order valence-electron chi connectivity index (χ1n) is 7.85. The maximum Gasteiger partial charge on any atom is 0.325 e. The van der Waals surface area contributed by atoms with Gasteiger partial charge >= 0.3 is 5.69 Å². The molecule has 1 aromatic carbocycles. The molecule has 25 heavy (non-hydrogen) atoms. The third kappa shape index (κ3) is 2.65. The lowest BCUT2D eigenvalue weighted by atomic mass is 10.0.